The summed E-state index contributed by atoms with van der Waals surface area (Å²) < 4.78 is 0. The molecule has 29 heavy (non-hydrogen) atoms. The number of primary amides is 1. The molecule has 0 spiro atoms. The fourth-order valence-electron chi connectivity index (χ4n) is 5.10. The maximum Gasteiger partial charge on any atom is 0.244 e. The fourth-order valence-corrected chi connectivity index (χ4v) is 6.03. The van der Waals surface area contributed by atoms with Gasteiger partial charge in [-0.25, -0.2) is 0 Å². The Labute approximate surface area is 177 Å². The first-order chi connectivity index (χ1) is 14.1. The summed E-state index contributed by atoms with van der Waals surface area (Å²) in [4.78, 5) is 32.0. The number of rotatable bonds is 5. The Kier molecular flexibility index (Phi) is 6.77. The van der Waals surface area contributed by atoms with E-state index < -0.39 is 0 Å². The van der Waals surface area contributed by atoms with Crippen LogP contribution >= 0.6 is 11.8 Å². The van der Waals surface area contributed by atoms with Crippen LogP contribution in [0.3, 0.4) is 0 Å². The average molecular weight is 417 g/mol. The molecule has 2 unspecified atom stereocenters. The molecule has 6 nitrogen and oxygen atoms in total. The number of amides is 2. The number of hydrogen-bond donors (Lipinski definition) is 1. The van der Waals surface area contributed by atoms with Crippen LogP contribution in [0.4, 0.5) is 0 Å². The molecule has 2 atom stereocenters. The lowest BCUT2D eigenvalue weighted by Gasteiger charge is -2.41. The van der Waals surface area contributed by atoms with Crippen molar-refractivity contribution in [3.8, 4) is 0 Å². The summed E-state index contributed by atoms with van der Waals surface area (Å²) >= 11 is 1.97. The first-order valence-corrected chi connectivity index (χ1v) is 12.0. The second kappa shape index (κ2) is 9.49. The molecule has 0 saturated carbocycles. The Hall–Kier alpha value is -1.57. The predicted octanol–water partition coefficient (Wildman–Crippen LogP) is 1.72. The van der Waals surface area contributed by atoms with Gasteiger partial charge < -0.3 is 10.6 Å². The second-order valence-corrected chi connectivity index (χ2v) is 9.54. The molecule has 2 amide bonds. The van der Waals surface area contributed by atoms with Gasteiger partial charge in [0.25, 0.3) is 0 Å². The van der Waals surface area contributed by atoms with Crippen LogP contribution < -0.4 is 5.73 Å². The zero-order valence-corrected chi connectivity index (χ0v) is 17.9. The van der Waals surface area contributed by atoms with Gasteiger partial charge in [-0.2, -0.15) is 11.8 Å². The van der Waals surface area contributed by atoms with Crippen molar-refractivity contribution in [2.24, 2.45) is 5.73 Å². The Balaban J connectivity index is 1.43. The van der Waals surface area contributed by atoms with Gasteiger partial charge in [0.2, 0.25) is 11.8 Å². The van der Waals surface area contributed by atoms with Crippen molar-refractivity contribution < 1.29 is 9.59 Å². The first-order valence-electron chi connectivity index (χ1n) is 10.9. The van der Waals surface area contributed by atoms with Gasteiger partial charge in [0.1, 0.15) is 6.04 Å². The number of likely N-dealkylation sites (tertiary alicyclic amines) is 2. The van der Waals surface area contributed by atoms with Crippen LogP contribution in [0, 0.1) is 0 Å². The molecular weight excluding hydrogens is 384 g/mol. The lowest BCUT2D eigenvalue weighted by molar-refractivity contribution is -0.139. The lowest BCUT2D eigenvalue weighted by Crippen LogP contribution is -2.53. The highest BCUT2D eigenvalue weighted by molar-refractivity contribution is 7.99. The third kappa shape index (κ3) is 4.62. The Morgan fingerprint density at radius 1 is 0.966 bits per heavy atom. The molecule has 0 aromatic heterocycles. The molecule has 3 fully saturated rings. The van der Waals surface area contributed by atoms with E-state index in [4.69, 9.17) is 5.73 Å². The van der Waals surface area contributed by atoms with Gasteiger partial charge in [-0.1, -0.05) is 30.3 Å². The van der Waals surface area contributed by atoms with E-state index in [2.05, 4.69) is 21.9 Å². The van der Waals surface area contributed by atoms with Crippen LogP contribution in [0.2, 0.25) is 0 Å². The number of nitrogens with two attached hydrogens (primary N) is 1. The quantitative estimate of drug-likeness (QED) is 0.792. The minimum absolute atomic E-state index is 0.120. The van der Waals surface area contributed by atoms with Crippen LogP contribution in [0.25, 0.3) is 0 Å². The summed E-state index contributed by atoms with van der Waals surface area (Å²) in [5, 5.41) is 0. The molecule has 3 saturated heterocycles. The van der Waals surface area contributed by atoms with Crippen LogP contribution in [-0.2, 0) is 9.59 Å². The Morgan fingerprint density at radius 2 is 1.66 bits per heavy atom. The summed E-state index contributed by atoms with van der Waals surface area (Å²) in [5.41, 5.74) is 6.70. The van der Waals surface area contributed by atoms with Gasteiger partial charge in [0.05, 0.1) is 6.04 Å². The van der Waals surface area contributed by atoms with E-state index >= 15 is 0 Å². The van der Waals surface area contributed by atoms with Crippen LogP contribution in [0.1, 0.15) is 37.3 Å². The van der Waals surface area contributed by atoms with E-state index in [-0.39, 0.29) is 23.9 Å². The van der Waals surface area contributed by atoms with Crippen molar-refractivity contribution >= 4 is 23.6 Å². The minimum Gasteiger partial charge on any atom is -0.368 e. The molecule has 3 heterocycles. The first kappa shape index (κ1) is 20.7. The molecule has 0 aliphatic carbocycles. The summed E-state index contributed by atoms with van der Waals surface area (Å²) in [6.45, 7) is 4.39. The van der Waals surface area contributed by atoms with E-state index in [9.17, 15) is 9.59 Å². The average Bonchev–Trinajstić information content (AvgIpc) is 3.26. The molecule has 158 valence electrons. The van der Waals surface area contributed by atoms with Crippen molar-refractivity contribution in [1.29, 1.82) is 0 Å². The maximum absolute atomic E-state index is 13.6. The summed E-state index contributed by atoms with van der Waals surface area (Å²) in [6.07, 6.45) is 3.76. The summed E-state index contributed by atoms with van der Waals surface area (Å²) in [5.74, 6) is 2.20. The Bertz CT molecular complexity index is 702. The van der Waals surface area contributed by atoms with E-state index in [1.165, 1.54) is 0 Å². The van der Waals surface area contributed by atoms with Gasteiger partial charge in [-0.15, -0.1) is 0 Å². The minimum atomic E-state index is -0.201. The number of carbonyl (C=O) groups is 2. The number of piperidine rings is 1. The monoisotopic (exact) mass is 416 g/mol. The number of thioether (sulfide) groups is 1. The van der Waals surface area contributed by atoms with Crippen molar-refractivity contribution in [1.82, 2.24) is 14.7 Å². The highest BCUT2D eigenvalue weighted by Crippen LogP contribution is 2.30. The largest absolute Gasteiger partial charge is 0.368 e. The summed E-state index contributed by atoms with van der Waals surface area (Å²) in [7, 11) is 0. The molecule has 3 aliphatic heterocycles. The third-order valence-electron chi connectivity index (χ3n) is 6.63. The van der Waals surface area contributed by atoms with Crippen molar-refractivity contribution in [2.75, 3.05) is 44.2 Å². The fraction of sp³-hybridized carbons (Fsp3) is 0.636. The molecule has 4 rings (SSSR count). The standard InChI is InChI=1S/C22H32N4O2S/c23-21(27)19-7-4-10-26(19)18-8-11-25(12-9-18)22(28)20(17-5-2-1-3-6-17)24-13-15-29-16-14-24/h1-3,5-6,18-20H,4,7-16H2,(H2,23,27). The zero-order valence-electron chi connectivity index (χ0n) is 17.0. The number of benzene rings is 1. The highest BCUT2D eigenvalue weighted by Gasteiger charge is 2.38. The lowest BCUT2D eigenvalue weighted by atomic mass is 9.98. The normalized spacial score (nSPS) is 25.8. The van der Waals surface area contributed by atoms with Gasteiger partial charge in [0.15, 0.2) is 0 Å². The molecular formula is C22H32N4O2S. The SMILES string of the molecule is NC(=O)C1CCCN1C1CCN(C(=O)C(c2ccccc2)N2CCSCC2)CC1. The van der Waals surface area contributed by atoms with E-state index in [0.29, 0.717) is 6.04 Å². The predicted molar refractivity (Wildman–Crippen MR) is 117 cm³/mol. The summed E-state index contributed by atoms with van der Waals surface area (Å²) in [6, 6.07) is 10.3. The zero-order chi connectivity index (χ0) is 20.2. The second-order valence-electron chi connectivity index (χ2n) is 8.32. The van der Waals surface area contributed by atoms with E-state index in [1.54, 1.807) is 0 Å². The topological polar surface area (TPSA) is 69.9 Å². The molecule has 0 radical (unpaired) electrons. The van der Waals surface area contributed by atoms with Gasteiger partial charge >= 0.3 is 0 Å². The highest BCUT2D eigenvalue weighted by atomic mass is 32.2. The number of carbonyl (C=O) groups excluding carboxylic acids is 2. The van der Waals surface area contributed by atoms with Crippen molar-refractivity contribution in [3.63, 3.8) is 0 Å². The maximum atomic E-state index is 13.6. The van der Waals surface area contributed by atoms with Crippen LogP contribution in [0.15, 0.2) is 30.3 Å². The van der Waals surface area contributed by atoms with Crippen LogP contribution in [0.5, 0.6) is 0 Å². The molecule has 1 aromatic rings. The third-order valence-corrected chi connectivity index (χ3v) is 7.57. The number of hydrogen-bond acceptors (Lipinski definition) is 5. The van der Waals surface area contributed by atoms with Crippen LogP contribution in [-0.4, -0.2) is 82.8 Å². The van der Waals surface area contributed by atoms with E-state index in [1.807, 2.05) is 34.9 Å². The number of nitrogens with zero attached hydrogens (tertiary/aromatic N) is 3. The van der Waals surface area contributed by atoms with Gasteiger partial charge in [0, 0.05) is 43.7 Å². The smallest absolute Gasteiger partial charge is 0.244 e. The Morgan fingerprint density at radius 3 is 2.31 bits per heavy atom. The molecule has 2 N–H and O–H groups in total. The molecule has 1 aromatic carbocycles. The molecule has 3 aliphatic rings. The van der Waals surface area contributed by atoms with E-state index in [0.717, 1.165) is 75.5 Å². The van der Waals surface area contributed by atoms with Crippen molar-refractivity contribution in [3.05, 3.63) is 35.9 Å². The van der Waals surface area contributed by atoms with Gasteiger partial charge in [-0.3, -0.25) is 19.4 Å². The molecule has 7 heteroatoms. The molecule has 0 bridgehead atoms. The van der Waals surface area contributed by atoms with Gasteiger partial charge in [-0.05, 0) is 37.8 Å². The van der Waals surface area contributed by atoms with Crippen molar-refractivity contribution in [2.45, 2.75) is 43.8 Å².